The summed E-state index contributed by atoms with van der Waals surface area (Å²) in [5, 5.41) is 5.51. The van der Waals surface area contributed by atoms with Crippen molar-refractivity contribution in [3.05, 3.63) is 71.8 Å². The monoisotopic (exact) mass is 483 g/mol. The van der Waals surface area contributed by atoms with E-state index in [9.17, 15) is 14.4 Å². The average molecular weight is 484 g/mol. The first-order valence-electron chi connectivity index (χ1n) is 11.6. The number of carbonyl (C=O) groups excluding carboxylic acids is 3. The van der Waals surface area contributed by atoms with E-state index in [1.807, 2.05) is 60.7 Å². The molecule has 2 aromatic rings. The van der Waals surface area contributed by atoms with Crippen molar-refractivity contribution < 1.29 is 28.6 Å². The minimum absolute atomic E-state index is 0.125. The van der Waals surface area contributed by atoms with E-state index < -0.39 is 23.9 Å². The summed E-state index contributed by atoms with van der Waals surface area (Å²) in [7, 11) is 0. The van der Waals surface area contributed by atoms with Crippen LogP contribution in [-0.4, -0.2) is 54.0 Å². The summed E-state index contributed by atoms with van der Waals surface area (Å²) in [5.41, 5.74) is 1.10. The van der Waals surface area contributed by atoms with Crippen LogP contribution >= 0.6 is 0 Å². The van der Waals surface area contributed by atoms with Crippen LogP contribution in [0, 0.1) is 0 Å². The van der Waals surface area contributed by atoms with Gasteiger partial charge in [0.1, 0.15) is 18.8 Å². The first-order valence-corrected chi connectivity index (χ1v) is 11.6. The molecule has 9 heteroatoms. The van der Waals surface area contributed by atoms with Gasteiger partial charge in [-0.15, -0.1) is 0 Å². The third-order valence-electron chi connectivity index (χ3n) is 5.27. The van der Waals surface area contributed by atoms with Crippen LogP contribution in [0.15, 0.2) is 60.7 Å². The molecule has 2 N–H and O–H groups in total. The van der Waals surface area contributed by atoms with Crippen molar-refractivity contribution in [1.82, 2.24) is 15.5 Å². The Morgan fingerprint density at radius 2 is 1.46 bits per heavy atom. The van der Waals surface area contributed by atoms with Crippen molar-refractivity contribution >= 4 is 18.3 Å². The third kappa shape index (κ3) is 8.84. The number of amides is 3. The van der Waals surface area contributed by atoms with Gasteiger partial charge in [-0.2, -0.15) is 0 Å². The molecule has 0 spiro atoms. The first-order chi connectivity index (χ1) is 16.7. The molecule has 188 valence electrons. The molecule has 1 aliphatic heterocycles. The van der Waals surface area contributed by atoms with E-state index in [2.05, 4.69) is 10.6 Å². The van der Waals surface area contributed by atoms with Crippen LogP contribution in [0.25, 0.3) is 0 Å². The molecule has 3 rings (SSSR count). The Balaban J connectivity index is 1.56. The van der Waals surface area contributed by atoms with Crippen LogP contribution in [0.5, 0.6) is 0 Å². The Bertz CT molecular complexity index is 978. The van der Waals surface area contributed by atoms with Gasteiger partial charge in [0.05, 0.1) is 12.1 Å². The number of hydrogen-bond acceptors (Lipinski definition) is 6. The highest BCUT2D eigenvalue weighted by molar-refractivity contribution is 5.71. The van der Waals surface area contributed by atoms with Gasteiger partial charge in [0.2, 0.25) is 0 Å². The zero-order valence-corrected chi connectivity index (χ0v) is 20.4. The highest BCUT2D eigenvalue weighted by atomic mass is 16.6. The van der Waals surface area contributed by atoms with Crippen LogP contribution < -0.4 is 10.6 Å². The zero-order valence-electron chi connectivity index (χ0n) is 20.4. The first kappa shape index (κ1) is 25.9. The van der Waals surface area contributed by atoms with Crippen molar-refractivity contribution in [1.29, 1.82) is 0 Å². The van der Waals surface area contributed by atoms with Gasteiger partial charge in [0.15, 0.2) is 0 Å². The maximum Gasteiger partial charge on any atom is 0.410 e. The van der Waals surface area contributed by atoms with Gasteiger partial charge in [0.25, 0.3) is 0 Å². The van der Waals surface area contributed by atoms with Crippen LogP contribution in [0.1, 0.15) is 38.3 Å². The number of likely N-dealkylation sites (tertiary alicyclic amines) is 1. The molecule has 1 heterocycles. The Labute approximate surface area is 205 Å². The van der Waals surface area contributed by atoms with Crippen molar-refractivity contribution in [2.24, 2.45) is 0 Å². The van der Waals surface area contributed by atoms with Gasteiger partial charge < -0.3 is 29.7 Å². The second-order valence-electron chi connectivity index (χ2n) is 9.37. The van der Waals surface area contributed by atoms with Gasteiger partial charge >= 0.3 is 18.3 Å². The summed E-state index contributed by atoms with van der Waals surface area (Å²) < 4.78 is 16.1. The molecule has 9 nitrogen and oxygen atoms in total. The Kier molecular flexibility index (Phi) is 8.94. The molecule has 1 fully saturated rings. The second kappa shape index (κ2) is 12.1. The molecule has 1 aliphatic rings. The maximum atomic E-state index is 12.9. The van der Waals surface area contributed by atoms with Crippen LogP contribution in [0.4, 0.5) is 14.4 Å². The normalized spacial score (nSPS) is 17.4. The fourth-order valence-corrected chi connectivity index (χ4v) is 3.69. The van der Waals surface area contributed by atoms with E-state index in [0.717, 1.165) is 11.1 Å². The van der Waals surface area contributed by atoms with E-state index in [1.54, 1.807) is 20.8 Å². The standard InChI is InChI=1S/C26H33N3O6/c1-26(2,3)35-23(30)27-15-22-14-21(28-24(31)33-17-19-10-6-4-7-11-19)16-29(22)25(32)34-18-20-12-8-5-9-13-20/h4-13,21-22H,14-18H2,1-3H3,(H,27,30)(H,28,31)/t21-,22-/m0/s1. The predicted octanol–water partition coefficient (Wildman–Crippen LogP) is 4.22. The zero-order chi connectivity index (χ0) is 25.3. The molecule has 2 atom stereocenters. The van der Waals surface area contributed by atoms with Gasteiger partial charge in [-0.3, -0.25) is 0 Å². The number of nitrogens with zero attached hydrogens (tertiary/aromatic N) is 1. The van der Waals surface area contributed by atoms with Crippen molar-refractivity contribution in [3.63, 3.8) is 0 Å². The maximum absolute atomic E-state index is 12.9. The third-order valence-corrected chi connectivity index (χ3v) is 5.27. The molecular weight excluding hydrogens is 450 g/mol. The van der Waals surface area contributed by atoms with E-state index in [4.69, 9.17) is 14.2 Å². The fraction of sp³-hybridized carbons (Fsp3) is 0.423. The van der Waals surface area contributed by atoms with Gasteiger partial charge in [-0.1, -0.05) is 60.7 Å². The number of ether oxygens (including phenoxy) is 3. The smallest absolute Gasteiger partial charge is 0.410 e. The Morgan fingerprint density at radius 1 is 0.886 bits per heavy atom. The largest absolute Gasteiger partial charge is 0.445 e. The van der Waals surface area contributed by atoms with Crippen LogP contribution in [0.2, 0.25) is 0 Å². The molecule has 35 heavy (non-hydrogen) atoms. The van der Waals surface area contributed by atoms with Crippen LogP contribution in [0.3, 0.4) is 0 Å². The molecule has 0 aromatic heterocycles. The lowest BCUT2D eigenvalue weighted by atomic mass is 10.1. The number of rotatable bonds is 7. The molecule has 0 saturated carbocycles. The van der Waals surface area contributed by atoms with Crippen LogP contribution in [-0.2, 0) is 27.4 Å². The molecule has 1 saturated heterocycles. The lowest BCUT2D eigenvalue weighted by Crippen LogP contribution is -2.44. The summed E-state index contributed by atoms with van der Waals surface area (Å²) in [6.45, 7) is 5.98. The number of carbonyl (C=O) groups is 3. The topological polar surface area (TPSA) is 106 Å². The average Bonchev–Trinajstić information content (AvgIpc) is 3.23. The second-order valence-corrected chi connectivity index (χ2v) is 9.37. The van der Waals surface area contributed by atoms with Gasteiger partial charge in [-0.05, 0) is 38.3 Å². The molecule has 2 aromatic carbocycles. The highest BCUT2D eigenvalue weighted by Gasteiger charge is 2.37. The summed E-state index contributed by atoms with van der Waals surface area (Å²) in [5.74, 6) is 0. The SMILES string of the molecule is CC(C)(C)OC(=O)NC[C@@H]1C[C@H](NC(=O)OCc2ccccc2)CN1C(=O)OCc1ccccc1. The van der Waals surface area contributed by atoms with E-state index in [0.29, 0.717) is 6.42 Å². The highest BCUT2D eigenvalue weighted by Crippen LogP contribution is 2.20. The summed E-state index contributed by atoms with van der Waals surface area (Å²) in [6.07, 6.45) is -1.24. The fourth-order valence-electron chi connectivity index (χ4n) is 3.69. The Morgan fingerprint density at radius 3 is 2.03 bits per heavy atom. The number of nitrogens with one attached hydrogen (secondary N) is 2. The van der Waals surface area contributed by atoms with Gasteiger partial charge in [-0.25, -0.2) is 14.4 Å². The lowest BCUT2D eigenvalue weighted by molar-refractivity contribution is 0.0502. The number of hydrogen-bond donors (Lipinski definition) is 2. The molecule has 0 unspecified atom stereocenters. The summed E-state index contributed by atoms with van der Waals surface area (Å²) in [6, 6.07) is 18.0. The minimum Gasteiger partial charge on any atom is -0.445 e. The molecular formula is C26H33N3O6. The molecule has 0 aliphatic carbocycles. The summed E-state index contributed by atoms with van der Waals surface area (Å²) in [4.78, 5) is 38.8. The van der Waals surface area contributed by atoms with E-state index in [1.165, 1.54) is 4.90 Å². The van der Waals surface area contributed by atoms with Crippen molar-refractivity contribution in [3.8, 4) is 0 Å². The van der Waals surface area contributed by atoms with Crippen molar-refractivity contribution in [2.45, 2.75) is 58.1 Å². The van der Waals surface area contributed by atoms with Crippen molar-refractivity contribution in [2.75, 3.05) is 13.1 Å². The quantitative estimate of drug-likeness (QED) is 0.572. The predicted molar refractivity (Wildman–Crippen MR) is 130 cm³/mol. The van der Waals surface area contributed by atoms with E-state index >= 15 is 0 Å². The van der Waals surface area contributed by atoms with E-state index in [-0.39, 0.29) is 38.4 Å². The molecule has 0 radical (unpaired) electrons. The lowest BCUT2D eigenvalue weighted by Gasteiger charge is -2.25. The number of benzene rings is 2. The number of alkyl carbamates (subject to hydrolysis) is 2. The summed E-state index contributed by atoms with van der Waals surface area (Å²) >= 11 is 0. The van der Waals surface area contributed by atoms with Gasteiger partial charge in [0, 0.05) is 13.1 Å². The molecule has 3 amide bonds. The molecule has 0 bridgehead atoms. The Hall–Kier alpha value is -3.75. The minimum atomic E-state index is -0.638.